The minimum Gasteiger partial charge on any atom is -0.0613 e. The lowest BCUT2D eigenvalue weighted by Crippen LogP contribution is -2.35. The molecule has 0 spiro atoms. The Hall–Kier alpha value is -1.30. The second-order valence-electron chi connectivity index (χ2n) is 6.47. The van der Waals surface area contributed by atoms with Crippen LogP contribution in [0, 0.1) is 6.92 Å². The molecule has 2 aromatic carbocycles. The fraction of sp³-hybridized carbons (Fsp3) is 0.412. The van der Waals surface area contributed by atoms with Gasteiger partial charge in [-0.1, -0.05) is 63.6 Å². The van der Waals surface area contributed by atoms with E-state index < -0.39 is 0 Å². The van der Waals surface area contributed by atoms with E-state index in [4.69, 9.17) is 0 Å². The van der Waals surface area contributed by atoms with E-state index in [0.29, 0.717) is 0 Å². The summed E-state index contributed by atoms with van der Waals surface area (Å²) in [6.07, 6.45) is 0. The summed E-state index contributed by atoms with van der Waals surface area (Å²) in [6.45, 7) is 11.7. The van der Waals surface area contributed by atoms with Crippen LogP contribution >= 0.6 is 0 Å². The molecular weight excluding hydrogens is 204 g/mol. The Kier molecular flexibility index (Phi) is 1.86. The highest BCUT2D eigenvalue weighted by atomic mass is 14.5. The number of rotatable bonds is 0. The molecule has 2 aromatic rings. The van der Waals surface area contributed by atoms with E-state index >= 15 is 0 Å². The van der Waals surface area contributed by atoms with Crippen molar-refractivity contribution in [3.05, 3.63) is 47.0 Å². The third-order valence-electron chi connectivity index (χ3n) is 5.03. The monoisotopic (exact) mass is 224 g/mol. The summed E-state index contributed by atoms with van der Waals surface area (Å²) < 4.78 is 0. The van der Waals surface area contributed by atoms with Crippen LogP contribution in [0.2, 0.25) is 0 Å². The van der Waals surface area contributed by atoms with Crippen LogP contribution in [0.1, 0.15) is 44.4 Å². The molecule has 17 heavy (non-hydrogen) atoms. The Balaban J connectivity index is 2.55. The van der Waals surface area contributed by atoms with Gasteiger partial charge in [0.1, 0.15) is 0 Å². The smallest absolute Gasteiger partial charge is 0.000548 e. The SMILES string of the molecule is Cc1cc2c3c(cccc3c1)C(C)(C)C2(C)C. The van der Waals surface area contributed by atoms with E-state index in [-0.39, 0.29) is 10.8 Å². The van der Waals surface area contributed by atoms with E-state index in [0.717, 1.165) is 0 Å². The summed E-state index contributed by atoms with van der Waals surface area (Å²) in [5, 5.41) is 2.89. The van der Waals surface area contributed by atoms with Crippen molar-refractivity contribution in [1.82, 2.24) is 0 Å². The highest BCUT2D eigenvalue weighted by Crippen LogP contribution is 2.54. The lowest BCUT2D eigenvalue weighted by molar-refractivity contribution is 0.322. The zero-order valence-corrected chi connectivity index (χ0v) is 11.4. The van der Waals surface area contributed by atoms with Crippen molar-refractivity contribution in [2.45, 2.75) is 45.4 Å². The summed E-state index contributed by atoms with van der Waals surface area (Å²) in [6, 6.07) is 11.4. The van der Waals surface area contributed by atoms with Gasteiger partial charge < -0.3 is 0 Å². The van der Waals surface area contributed by atoms with Gasteiger partial charge in [0.2, 0.25) is 0 Å². The van der Waals surface area contributed by atoms with E-state index in [1.54, 1.807) is 0 Å². The zero-order chi connectivity index (χ0) is 12.4. The Morgan fingerprint density at radius 3 is 2.18 bits per heavy atom. The van der Waals surface area contributed by atoms with Crippen molar-refractivity contribution >= 4 is 10.8 Å². The highest BCUT2D eigenvalue weighted by Gasteiger charge is 2.46. The molecule has 0 aliphatic heterocycles. The second kappa shape index (κ2) is 2.93. The lowest BCUT2D eigenvalue weighted by atomic mass is 9.66. The minimum atomic E-state index is 0.209. The van der Waals surface area contributed by atoms with Crippen LogP contribution in [0.4, 0.5) is 0 Å². The first-order valence-electron chi connectivity index (χ1n) is 6.40. The Labute approximate surface area is 104 Å². The Morgan fingerprint density at radius 2 is 1.47 bits per heavy atom. The third kappa shape index (κ3) is 1.14. The number of hydrogen-bond donors (Lipinski definition) is 0. The maximum Gasteiger partial charge on any atom is -0.000548 e. The van der Waals surface area contributed by atoms with Gasteiger partial charge in [-0.15, -0.1) is 0 Å². The van der Waals surface area contributed by atoms with E-state index in [1.807, 2.05) is 0 Å². The van der Waals surface area contributed by atoms with Crippen LogP contribution in [0.25, 0.3) is 10.8 Å². The number of benzene rings is 2. The molecule has 0 heterocycles. The number of hydrogen-bond acceptors (Lipinski definition) is 0. The maximum atomic E-state index is 2.38. The average Bonchev–Trinajstić information content (AvgIpc) is 2.39. The molecule has 3 rings (SSSR count). The van der Waals surface area contributed by atoms with Gasteiger partial charge >= 0.3 is 0 Å². The minimum absolute atomic E-state index is 0.209. The normalized spacial score (nSPS) is 19.8. The van der Waals surface area contributed by atoms with E-state index in [2.05, 4.69) is 65.0 Å². The summed E-state index contributed by atoms with van der Waals surface area (Å²) in [7, 11) is 0. The average molecular weight is 224 g/mol. The molecule has 0 aromatic heterocycles. The Bertz CT molecular complexity index is 615. The topological polar surface area (TPSA) is 0 Å². The van der Waals surface area contributed by atoms with Gasteiger partial charge in [0.25, 0.3) is 0 Å². The van der Waals surface area contributed by atoms with Crippen LogP contribution in [0.15, 0.2) is 30.3 Å². The predicted molar refractivity (Wildman–Crippen MR) is 74.7 cm³/mol. The molecule has 0 nitrogen and oxygen atoms in total. The maximum absolute atomic E-state index is 2.38. The molecule has 88 valence electrons. The molecule has 0 saturated heterocycles. The summed E-state index contributed by atoms with van der Waals surface area (Å²) in [4.78, 5) is 0. The van der Waals surface area contributed by atoms with Crippen molar-refractivity contribution < 1.29 is 0 Å². The Morgan fingerprint density at radius 1 is 0.824 bits per heavy atom. The zero-order valence-electron chi connectivity index (χ0n) is 11.4. The molecule has 0 saturated carbocycles. The van der Waals surface area contributed by atoms with Gasteiger partial charge in [0.05, 0.1) is 0 Å². The molecule has 0 heteroatoms. The predicted octanol–water partition coefficient (Wildman–Crippen LogP) is 4.72. The van der Waals surface area contributed by atoms with Gasteiger partial charge in [0, 0.05) is 0 Å². The van der Waals surface area contributed by atoms with Gasteiger partial charge in [-0.3, -0.25) is 0 Å². The fourth-order valence-electron chi connectivity index (χ4n) is 3.26. The van der Waals surface area contributed by atoms with Crippen molar-refractivity contribution in [3.63, 3.8) is 0 Å². The van der Waals surface area contributed by atoms with Crippen molar-refractivity contribution in [2.75, 3.05) is 0 Å². The van der Waals surface area contributed by atoms with Crippen LogP contribution in [-0.4, -0.2) is 0 Å². The van der Waals surface area contributed by atoms with Crippen molar-refractivity contribution in [2.24, 2.45) is 0 Å². The molecule has 0 N–H and O–H groups in total. The van der Waals surface area contributed by atoms with Gasteiger partial charge in [-0.2, -0.15) is 0 Å². The second-order valence-corrected chi connectivity index (χ2v) is 6.47. The summed E-state index contributed by atoms with van der Waals surface area (Å²) in [5.74, 6) is 0. The highest BCUT2D eigenvalue weighted by molar-refractivity contribution is 5.94. The quantitative estimate of drug-likeness (QED) is 0.607. The first-order chi connectivity index (χ1) is 7.85. The van der Waals surface area contributed by atoms with E-state index in [1.165, 1.54) is 27.5 Å². The van der Waals surface area contributed by atoms with Crippen molar-refractivity contribution in [3.8, 4) is 0 Å². The molecule has 0 fully saturated rings. The van der Waals surface area contributed by atoms with Crippen LogP contribution in [0.5, 0.6) is 0 Å². The summed E-state index contributed by atoms with van der Waals surface area (Å²) >= 11 is 0. The fourth-order valence-corrected chi connectivity index (χ4v) is 3.26. The molecule has 0 atom stereocenters. The summed E-state index contributed by atoms with van der Waals surface area (Å²) in [5.41, 5.74) is 4.82. The molecule has 0 radical (unpaired) electrons. The third-order valence-corrected chi connectivity index (χ3v) is 5.03. The standard InChI is InChI=1S/C17H20/c1-11-9-12-7-6-8-13-15(12)14(10-11)17(4,5)16(13,2)3/h6-10H,1-5H3. The molecule has 0 bridgehead atoms. The largest absolute Gasteiger partial charge is 0.0613 e. The van der Waals surface area contributed by atoms with Crippen LogP contribution in [0.3, 0.4) is 0 Å². The van der Waals surface area contributed by atoms with Crippen LogP contribution in [-0.2, 0) is 10.8 Å². The first-order valence-corrected chi connectivity index (χ1v) is 6.40. The molecule has 1 aliphatic carbocycles. The van der Waals surface area contributed by atoms with Gasteiger partial charge in [-0.25, -0.2) is 0 Å². The molecule has 0 amide bonds. The molecule has 0 unspecified atom stereocenters. The molecular formula is C17H20. The van der Waals surface area contributed by atoms with Gasteiger partial charge in [-0.05, 0) is 39.7 Å². The van der Waals surface area contributed by atoms with Gasteiger partial charge in [0.15, 0.2) is 0 Å². The van der Waals surface area contributed by atoms with Crippen LogP contribution < -0.4 is 0 Å². The lowest BCUT2D eigenvalue weighted by Gasteiger charge is -2.37. The van der Waals surface area contributed by atoms with E-state index in [9.17, 15) is 0 Å². The van der Waals surface area contributed by atoms with Crippen molar-refractivity contribution in [1.29, 1.82) is 0 Å². The molecule has 1 aliphatic rings. The first kappa shape index (κ1) is 10.8. The number of aryl methyl sites for hydroxylation is 1.